The molecule has 12 heteroatoms. The molecule has 1 atom stereocenters. The van der Waals surface area contributed by atoms with Crippen LogP contribution in [0.2, 0.25) is 15.5 Å². The molecule has 0 amide bonds. The molecule has 156 valence electrons. The van der Waals surface area contributed by atoms with E-state index in [4.69, 9.17) is 34.8 Å². The van der Waals surface area contributed by atoms with Crippen LogP contribution < -0.4 is 5.32 Å². The molecular formula is C18H14Cl3N5O4. The number of nitrogens with one attached hydrogen (secondary N) is 1. The molecule has 2 aromatic heterocycles. The van der Waals surface area contributed by atoms with Crippen molar-refractivity contribution < 1.29 is 9.85 Å². The fourth-order valence-electron chi connectivity index (χ4n) is 2.25. The van der Waals surface area contributed by atoms with Crippen molar-refractivity contribution in [2.24, 2.45) is 0 Å². The van der Waals surface area contributed by atoms with Gasteiger partial charge in [-0.3, -0.25) is 20.2 Å². The van der Waals surface area contributed by atoms with E-state index >= 15 is 0 Å². The second-order valence-electron chi connectivity index (χ2n) is 5.74. The number of benzene rings is 1. The first kappa shape index (κ1) is 23.3. The summed E-state index contributed by atoms with van der Waals surface area (Å²) in [5, 5.41) is 24.3. The minimum Gasteiger partial charge on any atom is -0.358 e. The lowest BCUT2D eigenvalue weighted by molar-refractivity contribution is -0.385. The van der Waals surface area contributed by atoms with Crippen LogP contribution in [0.25, 0.3) is 0 Å². The Morgan fingerprint density at radius 3 is 1.90 bits per heavy atom. The predicted octanol–water partition coefficient (Wildman–Crippen LogP) is 6.11. The third-order valence-electron chi connectivity index (χ3n) is 3.68. The van der Waals surface area contributed by atoms with Gasteiger partial charge in [0.05, 0.1) is 15.9 Å². The molecule has 1 aromatic carbocycles. The minimum absolute atomic E-state index is 0.0906. The maximum atomic E-state index is 10.9. The Hall–Kier alpha value is -3.01. The fourth-order valence-corrected chi connectivity index (χ4v) is 2.81. The van der Waals surface area contributed by atoms with Crippen LogP contribution in [0.5, 0.6) is 0 Å². The van der Waals surface area contributed by atoms with Crippen LogP contribution in [0.15, 0.2) is 54.6 Å². The van der Waals surface area contributed by atoms with E-state index in [0.29, 0.717) is 0 Å². The van der Waals surface area contributed by atoms with Gasteiger partial charge in [-0.1, -0.05) is 65.1 Å². The highest BCUT2D eigenvalue weighted by molar-refractivity contribution is 6.33. The number of hydrogen-bond acceptors (Lipinski definition) is 7. The van der Waals surface area contributed by atoms with Gasteiger partial charge in [0.2, 0.25) is 11.0 Å². The summed E-state index contributed by atoms with van der Waals surface area (Å²) in [6.45, 7) is 1.90. The first-order chi connectivity index (χ1) is 14.2. The molecule has 0 aliphatic rings. The fraction of sp³-hybridized carbons (Fsp3) is 0.111. The van der Waals surface area contributed by atoms with Gasteiger partial charge in [-0.2, -0.15) is 0 Å². The number of anilines is 1. The quantitative estimate of drug-likeness (QED) is 0.271. The topological polar surface area (TPSA) is 124 Å². The number of pyridine rings is 2. The van der Waals surface area contributed by atoms with Crippen LogP contribution in [0, 0.1) is 20.2 Å². The van der Waals surface area contributed by atoms with Crippen molar-refractivity contribution in [1.82, 2.24) is 9.97 Å². The molecule has 0 saturated heterocycles. The first-order valence-electron chi connectivity index (χ1n) is 8.28. The standard InChI is InChI=1S/C13H12ClN3O2.C5H2Cl2N2O2/c1-9(10-5-3-2-4-6-10)15-13-11(17(18)19)7-8-12(14)16-13;6-4-2-1-3(9(10)11)5(7)8-4/h2-9H,1H3,(H,15,16);1-2H/t9-;/m1./s1. The van der Waals surface area contributed by atoms with Crippen molar-refractivity contribution in [3.8, 4) is 0 Å². The zero-order valence-electron chi connectivity index (χ0n) is 15.3. The Balaban J connectivity index is 0.000000248. The van der Waals surface area contributed by atoms with Crippen molar-refractivity contribution in [1.29, 1.82) is 0 Å². The molecule has 0 aliphatic heterocycles. The summed E-state index contributed by atoms with van der Waals surface area (Å²) in [6.07, 6.45) is 0. The molecule has 0 fully saturated rings. The van der Waals surface area contributed by atoms with Crippen LogP contribution in [0.1, 0.15) is 18.5 Å². The van der Waals surface area contributed by atoms with Crippen LogP contribution >= 0.6 is 34.8 Å². The van der Waals surface area contributed by atoms with E-state index in [2.05, 4.69) is 15.3 Å². The average Bonchev–Trinajstić information content (AvgIpc) is 2.68. The van der Waals surface area contributed by atoms with Gasteiger partial charge < -0.3 is 5.32 Å². The van der Waals surface area contributed by atoms with Gasteiger partial charge in [0.25, 0.3) is 0 Å². The third kappa shape index (κ3) is 6.51. The summed E-state index contributed by atoms with van der Waals surface area (Å²) in [7, 11) is 0. The maximum Gasteiger partial charge on any atom is 0.311 e. The Bertz CT molecular complexity index is 1050. The summed E-state index contributed by atoms with van der Waals surface area (Å²) in [4.78, 5) is 27.5. The van der Waals surface area contributed by atoms with E-state index in [-0.39, 0.29) is 38.7 Å². The Morgan fingerprint density at radius 1 is 0.833 bits per heavy atom. The Kier molecular flexibility index (Phi) is 8.28. The lowest BCUT2D eigenvalue weighted by Crippen LogP contribution is -2.09. The number of nitrogens with zero attached hydrogens (tertiary/aromatic N) is 4. The lowest BCUT2D eigenvalue weighted by atomic mass is 10.1. The monoisotopic (exact) mass is 469 g/mol. The third-order valence-corrected chi connectivity index (χ3v) is 4.38. The SMILES string of the molecule is C[C@@H](Nc1nc(Cl)ccc1[N+](=O)[O-])c1ccccc1.O=[N+]([O-])c1ccc(Cl)nc1Cl. The molecule has 0 radical (unpaired) electrons. The maximum absolute atomic E-state index is 10.9. The van der Waals surface area contributed by atoms with E-state index in [1.165, 1.54) is 24.3 Å². The molecule has 0 unspecified atom stereocenters. The van der Waals surface area contributed by atoms with Crippen LogP contribution in [-0.4, -0.2) is 19.8 Å². The number of halogens is 3. The predicted molar refractivity (Wildman–Crippen MR) is 115 cm³/mol. The molecular weight excluding hydrogens is 457 g/mol. The number of hydrogen-bond donors (Lipinski definition) is 1. The van der Waals surface area contributed by atoms with Crippen LogP contribution in [-0.2, 0) is 0 Å². The highest BCUT2D eigenvalue weighted by atomic mass is 35.5. The van der Waals surface area contributed by atoms with Crippen LogP contribution in [0.4, 0.5) is 17.2 Å². The zero-order valence-corrected chi connectivity index (χ0v) is 17.6. The summed E-state index contributed by atoms with van der Waals surface area (Å²) in [5.41, 5.74) is 0.682. The molecule has 0 bridgehead atoms. The normalized spacial score (nSPS) is 11.1. The minimum atomic E-state index is -0.619. The van der Waals surface area contributed by atoms with Crippen molar-refractivity contribution >= 4 is 52.0 Å². The second kappa shape index (κ2) is 10.7. The Labute approximate surface area is 185 Å². The zero-order chi connectivity index (χ0) is 22.3. The Morgan fingerprint density at radius 2 is 1.37 bits per heavy atom. The molecule has 9 nitrogen and oxygen atoms in total. The average molecular weight is 471 g/mol. The molecule has 1 N–H and O–H groups in total. The van der Waals surface area contributed by atoms with E-state index < -0.39 is 9.85 Å². The van der Waals surface area contributed by atoms with Crippen molar-refractivity contribution in [3.05, 3.63) is 95.8 Å². The molecule has 0 saturated carbocycles. The van der Waals surface area contributed by atoms with Crippen molar-refractivity contribution in [2.45, 2.75) is 13.0 Å². The van der Waals surface area contributed by atoms with Gasteiger partial charge in [-0.15, -0.1) is 0 Å². The van der Waals surface area contributed by atoms with Gasteiger partial charge in [-0.25, -0.2) is 9.97 Å². The number of nitro groups is 2. The molecule has 0 aliphatic carbocycles. The summed E-state index contributed by atoms with van der Waals surface area (Å²) >= 11 is 16.6. The van der Waals surface area contributed by atoms with E-state index in [1.807, 2.05) is 37.3 Å². The van der Waals surface area contributed by atoms with E-state index in [9.17, 15) is 20.2 Å². The highest BCUT2D eigenvalue weighted by Gasteiger charge is 2.18. The lowest BCUT2D eigenvalue weighted by Gasteiger charge is -2.14. The smallest absolute Gasteiger partial charge is 0.311 e. The molecule has 30 heavy (non-hydrogen) atoms. The van der Waals surface area contributed by atoms with Gasteiger partial charge in [0, 0.05) is 12.1 Å². The van der Waals surface area contributed by atoms with Gasteiger partial charge in [-0.05, 0) is 24.6 Å². The molecule has 3 aromatic rings. The summed E-state index contributed by atoms with van der Waals surface area (Å²) < 4.78 is 0. The van der Waals surface area contributed by atoms with Crippen LogP contribution in [0.3, 0.4) is 0 Å². The van der Waals surface area contributed by atoms with E-state index in [0.717, 1.165) is 5.56 Å². The van der Waals surface area contributed by atoms with Crippen molar-refractivity contribution in [2.75, 3.05) is 5.32 Å². The number of rotatable bonds is 5. The highest BCUT2D eigenvalue weighted by Crippen LogP contribution is 2.27. The van der Waals surface area contributed by atoms with Gasteiger partial charge in [0.15, 0.2) is 0 Å². The van der Waals surface area contributed by atoms with Gasteiger partial charge in [0.1, 0.15) is 10.3 Å². The second-order valence-corrected chi connectivity index (χ2v) is 6.87. The summed E-state index contributed by atoms with van der Waals surface area (Å²) in [5.74, 6) is 0.175. The molecule has 3 rings (SSSR count). The largest absolute Gasteiger partial charge is 0.358 e. The molecule has 2 heterocycles. The number of aromatic nitrogens is 2. The van der Waals surface area contributed by atoms with Gasteiger partial charge >= 0.3 is 11.4 Å². The van der Waals surface area contributed by atoms with Crippen molar-refractivity contribution in [3.63, 3.8) is 0 Å². The molecule has 0 spiro atoms. The first-order valence-corrected chi connectivity index (χ1v) is 9.41. The van der Waals surface area contributed by atoms with E-state index in [1.54, 1.807) is 0 Å². The summed E-state index contributed by atoms with van der Waals surface area (Å²) in [6, 6.07) is 14.8.